The summed E-state index contributed by atoms with van der Waals surface area (Å²) in [5.41, 5.74) is -0.239. The lowest BCUT2D eigenvalue weighted by atomic mass is 10.2. The molecule has 1 aromatic carbocycles. The number of halogens is 5. The van der Waals surface area contributed by atoms with Gasteiger partial charge in [0.05, 0.1) is 10.7 Å². The first-order valence-electron chi connectivity index (χ1n) is 6.56. The quantitative estimate of drug-likeness (QED) is 0.299. The number of hydrogen-bond acceptors (Lipinski definition) is 6. The standard InChI is InChI=1S/C14H10ClF3INO5/c1-13(2)24-11(21)7(12(22)25-13)5-20-10-8(15)3-6(4-9(10)19)23-14(16,17)18/h3-5,20H,1-2H3. The number of nitrogens with one attached hydrogen (secondary N) is 1. The highest BCUT2D eigenvalue weighted by Crippen LogP contribution is 2.35. The molecule has 2 rings (SSSR count). The van der Waals surface area contributed by atoms with E-state index in [-0.39, 0.29) is 14.3 Å². The summed E-state index contributed by atoms with van der Waals surface area (Å²) in [4.78, 5) is 23.6. The zero-order chi connectivity index (χ0) is 19.0. The predicted molar refractivity (Wildman–Crippen MR) is 88.8 cm³/mol. The molecule has 0 saturated carbocycles. The van der Waals surface area contributed by atoms with E-state index >= 15 is 0 Å². The van der Waals surface area contributed by atoms with Crippen molar-refractivity contribution in [3.8, 4) is 5.75 Å². The average molecular weight is 492 g/mol. The molecule has 0 radical (unpaired) electrons. The molecular formula is C14H10ClF3INO5. The van der Waals surface area contributed by atoms with Crippen LogP contribution >= 0.6 is 34.2 Å². The molecule has 0 aliphatic carbocycles. The molecule has 1 fully saturated rings. The Morgan fingerprint density at radius 2 is 1.80 bits per heavy atom. The Labute approximate surface area is 158 Å². The highest BCUT2D eigenvalue weighted by atomic mass is 127. The van der Waals surface area contributed by atoms with Crippen LogP contribution in [0.15, 0.2) is 23.9 Å². The lowest BCUT2D eigenvalue weighted by Gasteiger charge is -2.29. The Morgan fingerprint density at radius 3 is 2.28 bits per heavy atom. The van der Waals surface area contributed by atoms with E-state index in [1.165, 1.54) is 13.8 Å². The number of alkyl halides is 3. The van der Waals surface area contributed by atoms with Gasteiger partial charge in [-0.2, -0.15) is 0 Å². The first kappa shape index (κ1) is 19.6. The van der Waals surface area contributed by atoms with Crippen LogP contribution in [0, 0.1) is 3.57 Å². The van der Waals surface area contributed by atoms with Crippen molar-refractivity contribution in [1.82, 2.24) is 0 Å². The summed E-state index contributed by atoms with van der Waals surface area (Å²) in [5.74, 6) is -3.69. The molecule has 0 unspecified atom stereocenters. The van der Waals surface area contributed by atoms with Gasteiger partial charge in [0.1, 0.15) is 5.75 Å². The molecule has 136 valence electrons. The van der Waals surface area contributed by atoms with Gasteiger partial charge in [0.15, 0.2) is 5.57 Å². The van der Waals surface area contributed by atoms with E-state index in [1.807, 2.05) is 0 Å². The molecule has 1 aromatic rings. The van der Waals surface area contributed by atoms with Crippen LogP contribution in [0.2, 0.25) is 5.02 Å². The van der Waals surface area contributed by atoms with E-state index in [2.05, 4.69) is 10.1 Å². The smallest absolute Gasteiger partial charge is 0.419 e. The van der Waals surface area contributed by atoms with Crippen LogP contribution in [0.4, 0.5) is 18.9 Å². The Hall–Kier alpha value is -1.69. The molecule has 1 N–H and O–H groups in total. The van der Waals surface area contributed by atoms with Gasteiger partial charge in [-0.3, -0.25) is 0 Å². The van der Waals surface area contributed by atoms with Crippen molar-refractivity contribution in [1.29, 1.82) is 0 Å². The van der Waals surface area contributed by atoms with Gasteiger partial charge in [-0.05, 0) is 28.7 Å². The van der Waals surface area contributed by atoms with Crippen molar-refractivity contribution in [3.63, 3.8) is 0 Å². The summed E-state index contributed by atoms with van der Waals surface area (Å²) in [5, 5.41) is 2.48. The van der Waals surface area contributed by atoms with Crippen LogP contribution in [0.25, 0.3) is 0 Å². The number of rotatable bonds is 3. The van der Waals surface area contributed by atoms with Crippen molar-refractivity contribution >= 4 is 51.8 Å². The summed E-state index contributed by atoms with van der Waals surface area (Å²) < 4.78 is 50.6. The van der Waals surface area contributed by atoms with Crippen molar-refractivity contribution < 1.29 is 37.0 Å². The second-order valence-corrected chi connectivity index (χ2v) is 6.76. The Kier molecular flexibility index (Phi) is 5.42. The van der Waals surface area contributed by atoms with Crippen molar-refractivity contribution in [2.75, 3.05) is 5.32 Å². The normalized spacial score (nSPS) is 16.8. The largest absolute Gasteiger partial charge is 0.573 e. The fourth-order valence-corrected chi connectivity index (χ4v) is 2.98. The Balaban J connectivity index is 2.23. The zero-order valence-corrected chi connectivity index (χ0v) is 15.6. The van der Waals surface area contributed by atoms with Crippen LogP contribution in [0.3, 0.4) is 0 Å². The molecule has 0 aromatic heterocycles. The highest BCUT2D eigenvalue weighted by molar-refractivity contribution is 14.1. The molecule has 0 bridgehead atoms. The van der Waals surface area contributed by atoms with Gasteiger partial charge >= 0.3 is 18.3 Å². The van der Waals surface area contributed by atoms with Crippen molar-refractivity contribution in [2.24, 2.45) is 0 Å². The summed E-state index contributed by atoms with van der Waals surface area (Å²) in [6.45, 7) is 2.79. The van der Waals surface area contributed by atoms with Gasteiger partial charge in [0, 0.05) is 29.7 Å². The van der Waals surface area contributed by atoms with Gasteiger partial charge in [-0.15, -0.1) is 13.2 Å². The second kappa shape index (κ2) is 6.90. The fourth-order valence-electron chi connectivity index (χ4n) is 1.80. The van der Waals surface area contributed by atoms with E-state index in [1.54, 1.807) is 22.6 Å². The molecular weight excluding hydrogens is 482 g/mol. The van der Waals surface area contributed by atoms with Gasteiger partial charge in [-0.25, -0.2) is 9.59 Å². The lowest BCUT2D eigenvalue weighted by molar-refractivity contribution is -0.274. The fraction of sp³-hybridized carbons (Fsp3) is 0.286. The second-order valence-electron chi connectivity index (χ2n) is 5.19. The molecule has 0 amide bonds. The third-order valence-corrected chi connectivity index (χ3v) is 3.88. The molecule has 11 heteroatoms. The Morgan fingerprint density at radius 1 is 1.24 bits per heavy atom. The monoisotopic (exact) mass is 491 g/mol. The zero-order valence-electron chi connectivity index (χ0n) is 12.7. The lowest BCUT2D eigenvalue weighted by Crippen LogP contribution is -2.42. The van der Waals surface area contributed by atoms with E-state index in [4.69, 9.17) is 21.1 Å². The molecule has 25 heavy (non-hydrogen) atoms. The molecule has 0 atom stereocenters. The van der Waals surface area contributed by atoms with Crippen LogP contribution in [-0.2, 0) is 19.1 Å². The number of carbonyl (C=O) groups is 2. The number of esters is 2. The van der Waals surface area contributed by atoms with Gasteiger partial charge < -0.3 is 19.5 Å². The topological polar surface area (TPSA) is 73.9 Å². The first-order chi connectivity index (χ1) is 11.4. The first-order valence-corrected chi connectivity index (χ1v) is 8.02. The van der Waals surface area contributed by atoms with E-state index in [0.29, 0.717) is 0 Å². The van der Waals surface area contributed by atoms with Crippen LogP contribution < -0.4 is 10.1 Å². The number of cyclic esters (lactones) is 2. The summed E-state index contributed by atoms with van der Waals surface area (Å²) in [7, 11) is 0. The maximum absolute atomic E-state index is 12.2. The van der Waals surface area contributed by atoms with Crippen LogP contribution in [-0.4, -0.2) is 24.1 Å². The summed E-state index contributed by atoms with van der Waals surface area (Å²) >= 11 is 7.64. The molecule has 1 heterocycles. The Bertz CT molecular complexity index is 718. The maximum atomic E-state index is 12.2. The minimum absolute atomic E-state index is 0.110. The van der Waals surface area contributed by atoms with Crippen LogP contribution in [0.5, 0.6) is 5.75 Å². The number of benzene rings is 1. The maximum Gasteiger partial charge on any atom is 0.573 e. The SMILES string of the molecule is CC1(C)OC(=O)C(=CNc2c(Cl)cc(OC(F)(F)F)cc2I)C(=O)O1. The summed E-state index contributed by atoms with van der Waals surface area (Å²) in [6.07, 6.45) is -3.85. The number of anilines is 1. The van der Waals surface area contributed by atoms with Gasteiger partial charge in [0.2, 0.25) is 0 Å². The van der Waals surface area contributed by atoms with E-state index < -0.39 is 35.4 Å². The predicted octanol–water partition coefficient (Wildman–Crippen LogP) is 3.98. The molecule has 0 spiro atoms. The molecule has 1 aliphatic heterocycles. The van der Waals surface area contributed by atoms with Crippen LogP contribution in [0.1, 0.15) is 13.8 Å². The third-order valence-electron chi connectivity index (χ3n) is 2.73. The third kappa shape index (κ3) is 5.14. The minimum atomic E-state index is -4.86. The number of ether oxygens (including phenoxy) is 3. The molecule has 6 nitrogen and oxygen atoms in total. The number of hydrogen-bond donors (Lipinski definition) is 1. The molecule has 1 aliphatic rings. The van der Waals surface area contributed by atoms with Gasteiger partial charge in [-0.1, -0.05) is 11.6 Å². The van der Waals surface area contributed by atoms with E-state index in [0.717, 1.165) is 18.3 Å². The highest BCUT2D eigenvalue weighted by Gasteiger charge is 2.39. The van der Waals surface area contributed by atoms with Crippen molar-refractivity contribution in [3.05, 3.63) is 32.5 Å². The van der Waals surface area contributed by atoms with E-state index in [9.17, 15) is 22.8 Å². The molecule has 1 saturated heterocycles. The average Bonchev–Trinajstić information content (AvgIpc) is 2.36. The minimum Gasteiger partial charge on any atom is -0.419 e. The van der Waals surface area contributed by atoms with Crippen molar-refractivity contribution in [2.45, 2.75) is 26.0 Å². The number of carbonyl (C=O) groups excluding carboxylic acids is 2. The summed E-state index contributed by atoms with van der Waals surface area (Å²) in [6, 6.07) is 2.03. The van der Waals surface area contributed by atoms with Gasteiger partial charge in [0.25, 0.3) is 5.79 Å².